The van der Waals surface area contributed by atoms with Crippen LogP contribution in [-0.4, -0.2) is 47.0 Å². The SMILES string of the molecule is CCc1cc(NCCN(C)C)nc(-c2ccccn2)n1. The molecule has 1 N–H and O–H groups in total. The maximum absolute atomic E-state index is 4.55. The molecule has 0 bridgehead atoms. The van der Waals surface area contributed by atoms with Gasteiger partial charge >= 0.3 is 0 Å². The Balaban J connectivity index is 2.20. The minimum atomic E-state index is 0.678. The van der Waals surface area contributed by atoms with Crippen LogP contribution in [0.5, 0.6) is 0 Å². The van der Waals surface area contributed by atoms with E-state index in [1.807, 2.05) is 24.3 Å². The number of nitrogens with zero attached hydrogens (tertiary/aromatic N) is 4. The number of pyridine rings is 1. The number of hydrogen-bond acceptors (Lipinski definition) is 5. The van der Waals surface area contributed by atoms with Gasteiger partial charge in [-0.2, -0.15) is 0 Å². The standard InChI is InChI=1S/C15H21N5/c1-4-12-11-14(17-9-10-20(2)3)19-15(18-12)13-7-5-6-8-16-13/h5-8,11H,4,9-10H2,1-3H3,(H,17,18,19). The highest BCUT2D eigenvalue weighted by atomic mass is 15.1. The monoisotopic (exact) mass is 271 g/mol. The smallest absolute Gasteiger partial charge is 0.180 e. The molecule has 0 aliphatic rings. The summed E-state index contributed by atoms with van der Waals surface area (Å²) in [5, 5.41) is 3.34. The fourth-order valence-corrected chi connectivity index (χ4v) is 1.79. The second-order valence-corrected chi connectivity index (χ2v) is 4.87. The van der Waals surface area contributed by atoms with Gasteiger partial charge in [0.05, 0.1) is 0 Å². The lowest BCUT2D eigenvalue weighted by molar-refractivity contribution is 0.425. The van der Waals surface area contributed by atoms with Gasteiger partial charge in [-0.05, 0) is 32.6 Å². The number of anilines is 1. The second-order valence-electron chi connectivity index (χ2n) is 4.87. The van der Waals surface area contributed by atoms with Crippen molar-refractivity contribution < 1.29 is 0 Å². The molecule has 5 nitrogen and oxygen atoms in total. The topological polar surface area (TPSA) is 53.9 Å². The maximum Gasteiger partial charge on any atom is 0.180 e. The van der Waals surface area contributed by atoms with E-state index in [0.717, 1.165) is 36.7 Å². The average Bonchev–Trinajstić information content (AvgIpc) is 2.47. The van der Waals surface area contributed by atoms with Crippen molar-refractivity contribution in [1.82, 2.24) is 19.9 Å². The van der Waals surface area contributed by atoms with Gasteiger partial charge in [0.2, 0.25) is 0 Å². The molecular formula is C15H21N5. The summed E-state index contributed by atoms with van der Waals surface area (Å²) >= 11 is 0. The molecule has 0 aromatic carbocycles. The molecule has 0 spiro atoms. The molecule has 2 heterocycles. The summed E-state index contributed by atoms with van der Waals surface area (Å²) in [6, 6.07) is 7.77. The van der Waals surface area contributed by atoms with Gasteiger partial charge in [0.1, 0.15) is 11.5 Å². The number of aryl methyl sites for hydroxylation is 1. The molecule has 0 atom stereocenters. The van der Waals surface area contributed by atoms with Gasteiger partial charge < -0.3 is 10.2 Å². The molecule has 0 radical (unpaired) electrons. The van der Waals surface area contributed by atoms with E-state index in [2.05, 4.69) is 46.2 Å². The number of rotatable bonds is 6. The van der Waals surface area contributed by atoms with Crippen molar-refractivity contribution in [2.45, 2.75) is 13.3 Å². The van der Waals surface area contributed by atoms with Crippen LogP contribution in [0.2, 0.25) is 0 Å². The third-order valence-corrected chi connectivity index (χ3v) is 2.90. The molecule has 0 aliphatic carbocycles. The van der Waals surface area contributed by atoms with Crippen LogP contribution in [0.4, 0.5) is 5.82 Å². The number of likely N-dealkylation sites (N-methyl/N-ethyl adjacent to an activating group) is 1. The van der Waals surface area contributed by atoms with Crippen molar-refractivity contribution in [3.63, 3.8) is 0 Å². The van der Waals surface area contributed by atoms with Crippen LogP contribution in [0.25, 0.3) is 11.5 Å². The lowest BCUT2D eigenvalue weighted by atomic mass is 10.3. The van der Waals surface area contributed by atoms with Crippen LogP contribution in [-0.2, 0) is 6.42 Å². The van der Waals surface area contributed by atoms with E-state index >= 15 is 0 Å². The Bertz CT molecular complexity index is 539. The zero-order valence-electron chi connectivity index (χ0n) is 12.3. The molecule has 0 fully saturated rings. The molecule has 0 amide bonds. The third-order valence-electron chi connectivity index (χ3n) is 2.90. The quantitative estimate of drug-likeness (QED) is 0.871. The minimum Gasteiger partial charge on any atom is -0.369 e. The second kappa shape index (κ2) is 6.96. The summed E-state index contributed by atoms with van der Waals surface area (Å²) in [6.07, 6.45) is 2.64. The van der Waals surface area contributed by atoms with Gasteiger partial charge in [0.15, 0.2) is 5.82 Å². The van der Waals surface area contributed by atoms with Crippen molar-refractivity contribution in [2.24, 2.45) is 0 Å². The van der Waals surface area contributed by atoms with Gasteiger partial charge in [-0.25, -0.2) is 9.97 Å². The summed E-state index contributed by atoms with van der Waals surface area (Å²) < 4.78 is 0. The van der Waals surface area contributed by atoms with Crippen molar-refractivity contribution >= 4 is 5.82 Å². The highest BCUT2D eigenvalue weighted by molar-refractivity contribution is 5.52. The van der Waals surface area contributed by atoms with Crippen LogP contribution >= 0.6 is 0 Å². The highest BCUT2D eigenvalue weighted by Crippen LogP contribution is 2.15. The number of nitrogens with one attached hydrogen (secondary N) is 1. The molecular weight excluding hydrogens is 250 g/mol. The van der Waals surface area contributed by atoms with Gasteiger partial charge in [-0.15, -0.1) is 0 Å². The molecule has 2 rings (SSSR count). The van der Waals surface area contributed by atoms with Crippen LogP contribution in [0.15, 0.2) is 30.5 Å². The molecule has 20 heavy (non-hydrogen) atoms. The molecule has 0 unspecified atom stereocenters. The van der Waals surface area contributed by atoms with Crippen molar-refractivity contribution in [2.75, 3.05) is 32.5 Å². The molecule has 0 aliphatic heterocycles. The largest absolute Gasteiger partial charge is 0.369 e. The first-order chi connectivity index (χ1) is 9.69. The van der Waals surface area contributed by atoms with Crippen LogP contribution in [0.1, 0.15) is 12.6 Å². The average molecular weight is 271 g/mol. The zero-order chi connectivity index (χ0) is 14.4. The Morgan fingerprint density at radius 2 is 2.05 bits per heavy atom. The summed E-state index contributed by atoms with van der Waals surface area (Å²) in [5.74, 6) is 1.54. The van der Waals surface area contributed by atoms with Gasteiger partial charge in [-0.3, -0.25) is 4.98 Å². The first kappa shape index (κ1) is 14.4. The Kier molecular flexibility index (Phi) is 5.01. The first-order valence-electron chi connectivity index (χ1n) is 6.87. The van der Waals surface area contributed by atoms with Crippen molar-refractivity contribution in [1.29, 1.82) is 0 Å². The Hall–Kier alpha value is -2.01. The highest BCUT2D eigenvalue weighted by Gasteiger charge is 2.06. The maximum atomic E-state index is 4.55. The summed E-state index contributed by atoms with van der Waals surface area (Å²) in [5.41, 5.74) is 1.83. The molecule has 2 aromatic heterocycles. The molecule has 106 valence electrons. The van der Waals surface area contributed by atoms with Crippen molar-refractivity contribution in [3.05, 3.63) is 36.2 Å². The normalized spacial score (nSPS) is 10.8. The Labute approximate surface area is 120 Å². The van der Waals surface area contributed by atoms with Gasteiger partial charge in [0.25, 0.3) is 0 Å². The molecule has 5 heteroatoms. The predicted molar refractivity (Wildman–Crippen MR) is 81.7 cm³/mol. The molecule has 2 aromatic rings. The predicted octanol–water partition coefficient (Wildman–Crippen LogP) is 2.07. The van der Waals surface area contributed by atoms with Gasteiger partial charge in [0, 0.05) is 31.0 Å². The Morgan fingerprint density at radius 1 is 1.20 bits per heavy atom. The lowest BCUT2D eigenvalue weighted by Crippen LogP contribution is -2.21. The minimum absolute atomic E-state index is 0.678. The lowest BCUT2D eigenvalue weighted by Gasteiger charge is -2.12. The van der Waals surface area contributed by atoms with Gasteiger partial charge in [-0.1, -0.05) is 13.0 Å². The van der Waals surface area contributed by atoms with E-state index in [1.165, 1.54) is 0 Å². The van der Waals surface area contributed by atoms with Crippen LogP contribution < -0.4 is 5.32 Å². The van der Waals surface area contributed by atoms with Crippen LogP contribution in [0, 0.1) is 0 Å². The first-order valence-corrected chi connectivity index (χ1v) is 6.87. The van der Waals surface area contributed by atoms with E-state index in [1.54, 1.807) is 6.20 Å². The summed E-state index contributed by atoms with van der Waals surface area (Å²) in [4.78, 5) is 15.5. The number of aromatic nitrogens is 3. The molecule has 0 saturated carbocycles. The van der Waals surface area contributed by atoms with E-state index in [-0.39, 0.29) is 0 Å². The summed E-state index contributed by atoms with van der Waals surface area (Å²) in [6.45, 7) is 3.91. The zero-order valence-corrected chi connectivity index (χ0v) is 12.3. The number of hydrogen-bond donors (Lipinski definition) is 1. The van der Waals surface area contributed by atoms with E-state index in [9.17, 15) is 0 Å². The van der Waals surface area contributed by atoms with Crippen molar-refractivity contribution in [3.8, 4) is 11.5 Å². The van der Waals surface area contributed by atoms with E-state index in [0.29, 0.717) is 5.82 Å². The fourth-order valence-electron chi connectivity index (χ4n) is 1.79. The van der Waals surface area contributed by atoms with E-state index < -0.39 is 0 Å². The fraction of sp³-hybridized carbons (Fsp3) is 0.400. The molecule has 0 saturated heterocycles. The van der Waals surface area contributed by atoms with Crippen LogP contribution in [0.3, 0.4) is 0 Å². The third kappa shape index (κ3) is 3.99. The Morgan fingerprint density at radius 3 is 2.70 bits per heavy atom. The summed E-state index contributed by atoms with van der Waals surface area (Å²) in [7, 11) is 4.11. The van der Waals surface area contributed by atoms with E-state index in [4.69, 9.17) is 0 Å².